The lowest BCUT2D eigenvalue weighted by atomic mass is 10.1. The van der Waals surface area contributed by atoms with Crippen molar-refractivity contribution in [2.24, 2.45) is 0 Å². The highest BCUT2D eigenvalue weighted by Gasteiger charge is 2.34. The van der Waals surface area contributed by atoms with Crippen molar-refractivity contribution >= 4 is 17.5 Å². The number of likely N-dealkylation sites (tertiary alicyclic amines) is 1. The van der Waals surface area contributed by atoms with E-state index in [-0.39, 0.29) is 11.8 Å². The van der Waals surface area contributed by atoms with Crippen LogP contribution in [0.3, 0.4) is 0 Å². The van der Waals surface area contributed by atoms with Crippen molar-refractivity contribution in [3.05, 3.63) is 59.3 Å². The molecule has 1 atom stereocenters. The highest BCUT2D eigenvalue weighted by Crippen LogP contribution is 2.30. The predicted octanol–water partition coefficient (Wildman–Crippen LogP) is 3.50. The van der Waals surface area contributed by atoms with Gasteiger partial charge < -0.3 is 13.8 Å². The van der Waals surface area contributed by atoms with Crippen molar-refractivity contribution < 1.29 is 13.7 Å². The molecule has 1 aromatic carbocycles. The standard InChI is InChI=1S/C17H14ClN3O3/c18-13-4-1-3-11(7-13)16-19-17(24-20-16)12-8-15(22)21(9-12)10-14-5-2-6-23-14/h1-7,12H,8-10H2. The van der Waals surface area contributed by atoms with Crippen molar-refractivity contribution in [2.45, 2.75) is 18.9 Å². The number of carbonyl (C=O) groups excluding carboxylic acids is 1. The first-order valence-corrected chi connectivity index (χ1v) is 7.96. The lowest BCUT2D eigenvalue weighted by molar-refractivity contribution is -0.128. The fourth-order valence-electron chi connectivity index (χ4n) is 2.83. The zero-order valence-corrected chi connectivity index (χ0v) is 13.4. The third-order valence-electron chi connectivity index (χ3n) is 4.02. The minimum Gasteiger partial charge on any atom is -0.467 e. The van der Waals surface area contributed by atoms with Crippen LogP contribution in [0.2, 0.25) is 5.02 Å². The molecule has 122 valence electrons. The van der Waals surface area contributed by atoms with Gasteiger partial charge in [-0.1, -0.05) is 28.9 Å². The second-order valence-corrected chi connectivity index (χ2v) is 6.16. The summed E-state index contributed by atoms with van der Waals surface area (Å²) in [6, 6.07) is 10.9. The minimum atomic E-state index is -0.104. The number of furan rings is 1. The first-order chi connectivity index (χ1) is 11.7. The summed E-state index contributed by atoms with van der Waals surface area (Å²) in [5.74, 6) is 1.66. The van der Waals surface area contributed by atoms with E-state index in [0.29, 0.717) is 36.2 Å². The molecule has 1 unspecified atom stereocenters. The van der Waals surface area contributed by atoms with Gasteiger partial charge in [0, 0.05) is 23.6 Å². The van der Waals surface area contributed by atoms with E-state index in [1.165, 1.54) is 0 Å². The van der Waals surface area contributed by atoms with Crippen molar-refractivity contribution in [3.63, 3.8) is 0 Å². The van der Waals surface area contributed by atoms with Crippen LogP contribution in [0.5, 0.6) is 0 Å². The molecule has 0 saturated carbocycles. The molecule has 2 aromatic heterocycles. The predicted molar refractivity (Wildman–Crippen MR) is 86.2 cm³/mol. The van der Waals surface area contributed by atoms with E-state index in [2.05, 4.69) is 10.1 Å². The smallest absolute Gasteiger partial charge is 0.232 e. The van der Waals surface area contributed by atoms with Gasteiger partial charge in [-0.2, -0.15) is 4.98 Å². The van der Waals surface area contributed by atoms with Crippen LogP contribution in [0.1, 0.15) is 24.0 Å². The van der Waals surface area contributed by atoms with Gasteiger partial charge in [0.05, 0.1) is 18.7 Å². The number of hydrogen-bond donors (Lipinski definition) is 0. The van der Waals surface area contributed by atoms with E-state index in [1.54, 1.807) is 23.3 Å². The molecule has 1 amide bonds. The van der Waals surface area contributed by atoms with E-state index in [0.717, 1.165) is 11.3 Å². The zero-order chi connectivity index (χ0) is 16.5. The molecule has 3 heterocycles. The van der Waals surface area contributed by atoms with Gasteiger partial charge in [0.15, 0.2) is 0 Å². The second-order valence-electron chi connectivity index (χ2n) is 5.72. The average molecular weight is 344 g/mol. The number of benzene rings is 1. The molecule has 0 spiro atoms. The van der Waals surface area contributed by atoms with E-state index >= 15 is 0 Å². The Labute approximate surface area is 143 Å². The maximum Gasteiger partial charge on any atom is 0.232 e. The molecule has 1 aliphatic heterocycles. The molecule has 0 N–H and O–H groups in total. The Morgan fingerprint density at radius 1 is 1.29 bits per heavy atom. The molecular formula is C17H14ClN3O3. The Hall–Kier alpha value is -2.60. The van der Waals surface area contributed by atoms with Crippen molar-refractivity contribution in [1.29, 1.82) is 0 Å². The third kappa shape index (κ3) is 2.92. The number of amides is 1. The summed E-state index contributed by atoms with van der Waals surface area (Å²) in [5.41, 5.74) is 0.786. The van der Waals surface area contributed by atoms with Gasteiger partial charge in [-0.3, -0.25) is 4.79 Å². The third-order valence-corrected chi connectivity index (χ3v) is 4.25. The number of halogens is 1. The molecule has 3 aromatic rings. The number of nitrogens with zero attached hydrogens (tertiary/aromatic N) is 3. The van der Waals surface area contributed by atoms with Crippen LogP contribution >= 0.6 is 11.6 Å². The van der Waals surface area contributed by atoms with E-state index < -0.39 is 0 Å². The summed E-state index contributed by atoms with van der Waals surface area (Å²) in [6.07, 6.45) is 1.96. The lowest BCUT2D eigenvalue weighted by Crippen LogP contribution is -2.24. The Bertz CT molecular complexity index is 860. The highest BCUT2D eigenvalue weighted by atomic mass is 35.5. The minimum absolute atomic E-state index is 0.0545. The number of rotatable bonds is 4. The molecule has 7 heteroatoms. The van der Waals surface area contributed by atoms with Gasteiger partial charge in [0.25, 0.3) is 0 Å². The van der Waals surface area contributed by atoms with E-state index in [9.17, 15) is 4.79 Å². The van der Waals surface area contributed by atoms with Gasteiger partial charge in [0.2, 0.25) is 17.6 Å². The molecule has 0 bridgehead atoms. The fraction of sp³-hybridized carbons (Fsp3) is 0.235. The summed E-state index contributed by atoms with van der Waals surface area (Å²) in [4.78, 5) is 18.4. The lowest BCUT2D eigenvalue weighted by Gasteiger charge is -2.13. The van der Waals surface area contributed by atoms with Gasteiger partial charge in [-0.05, 0) is 24.3 Å². The summed E-state index contributed by atoms with van der Waals surface area (Å²) in [6.45, 7) is 0.994. The highest BCUT2D eigenvalue weighted by molar-refractivity contribution is 6.30. The second kappa shape index (κ2) is 6.13. The SMILES string of the molecule is O=C1CC(c2nc(-c3cccc(Cl)c3)no2)CN1Cc1ccco1. The van der Waals surface area contributed by atoms with Crippen LogP contribution in [-0.4, -0.2) is 27.5 Å². The summed E-state index contributed by atoms with van der Waals surface area (Å²) >= 11 is 5.99. The molecule has 6 nitrogen and oxygen atoms in total. The van der Waals surface area contributed by atoms with Crippen molar-refractivity contribution in [1.82, 2.24) is 15.0 Å². The first kappa shape index (κ1) is 15.0. The molecular weight excluding hydrogens is 330 g/mol. The Morgan fingerprint density at radius 2 is 2.21 bits per heavy atom. The molecule has 1 fully saturated rings. The average Bonchev–Trinajstić information content (AvgIpc) is 3.30. The van der Waals surface area contributed by atoms with Crippen LogP contribution in [-0.2, 0) is 11.3 Å². The normalized spacial score (nSPS) is 17.6. The Balaban J connectivity index is 1.50. The van der Waals surface area contributed by atoms with Gasteiger partial charge in [-0.15, -0.1) is 0 Å². The molecule has 0 radical (unpaired) electrons. The Morgan fingerprint density at radius 3 is 3.00 bits per heavy atom. The molecule has 4 rings (SSSR count). The zero-order valence-electron chi connectivity index (χ0n) is 12.7. The molecule has 1 aliphatic rings. The maximum absolute atomic E-state index is 12.2. The first-order valence-electron chi connectivity index (χ1n) is 7.59. The number of aromatic nitrogens is 2. The van der Waals surface area contributed by atoms with Gasteiger partial charge in [-0.25, -0.2) is 0 Å². The number of hydrogen-bond acceptors (Lipinski definition) is 5. The van der Waals surface area contributed by atoms with E-state index in [4.69, 9.17) is 20.5 Å². The van der Waals surface area contributed by atoms with Crippen LogP contribution in [0, 0.1) is 0 Å². The van der Waals surface area contributed by atoms with Crippen LogP contribution in [0.25, 0.3) is 11.4 Å². The van der Waals surface area contributed by atoms with Crippen molar-refractivity contribution in [2.75, 3.05) is 6.54 Å². The molecule has 24 heavy (non-hydrogen) atoms. The van der Waals surface area contributed by atoms with Crippen LogP contribution in [0.15, 0.2) is 51.6 Å². The van der Waals surface area contributed by atoms with Gasteiger partial charge >= 0.3 is 0 Å². The fourth-order valence-corrected chi connectivity index (χ4v) is 3.02. The quantitative estimate of drug-likeness (QED) is 0.725. The Kier molecular flexibility index (Phi) is 3.82. The maximum atomic E-state index is 12.2. The summed E-state index contributed by atoms with van der Waals surface area (Å²) in [5, 5.41) is 4.62. The van der Waals surface area contributed by atoms with Crippen molar-refractivity contribution in [3.8, 4) is 11.4 Å². The monoisotopic (exact) mass is 343 g/mol. The summed E-state index contributed by atoms with van der Waals surface area (Å²) in [7, 11) is 0. The summed E-state index contributed by atoms with van der Waals surface area (Å²) < 4.78 is 10.7. The largest absolute Gasteiger partial charge is 0.467 e. The van der Waals surface area contributed by atoms with Crippen LogP contribution < -0.4 is 0 Å². The molecule has 0 aliphatic carbocycles. The van der Waals surface area contributed by atoms with Crippen LogP contribution in [0.4, 0.5) is 0 Å². The van der Waals surface area contributed by atoms with Gasteiger partial charge in [0.1, 0.15) is 5.76 Å². The molecule has 1 saturated heterocycles. The number of carbonyl (C=O) groups is 1. The topological polar surface area (TPSA) is 72.4 Å². The van der Waals surface area contributed by atoms with E-state index in [1.807, 2.05) is 24.3 Å².